The monoisotopic (exact) mass is 264 g/mol. The Hall–Kier alpha value is -1.88. The minimum absolute atomic E-state index is 0.0503. The lowest BCUT2D eigenvalue weighted by Crippen LogP contribution is -2.33. The summed E-state index contributed by atoms with van der Waals surface area (Å²) in [5.74, 6) is -1.02. The molecule has 0 radical (unpaired) electrons. The first-order valence-corrected chi connectivity index (χ1v) is 6.22. The Bertz CT molecular complexity index is 458. The third kappa shape index (κ3) is 5.09. The predicted octanol–water partition coefficient (Wildman–Crippen LogP) is 1.33. The molecule has 1 aromatic carbocycles. The molecule has 0 aromatic heterocycles. The summed E-state index contributed by atoms with van der Waals surface area (Å²) in [6.45, 7) is 5.05. The first-order chi connectivity index (χ1) is 8.90. The summed E-state index contributed by atoms with van der Waals surface area (Å²) in [4.78, 5) is 24.0. The fourth-order valence-corrected chi connectivity index (χ4v) is 2.03. The first kappa shape index (κ1) is 15.2. The lowest BCUT2D eigenvalue weighted by molar-refractivity contribution is -0.138. The molecule has 5 heteroatoms. The molecule has 1 amide bonds. The van der Waals surface area contributed by atoms with Crippen LogP contribution in [0.1, 0.15) is 29.8 Å². The van der Waals surface area contributed by atoms with Gasteiger partial charge in [0.05, 0.1) is 6.54 Å². The average molecular weight is 264 g/mol. The Morgan fingerprint density at radius 3 is 2.47 bits per heavy atom. The first-order valence-electron chi connectivity index (χ1n) is 6.22. The van der Waals surface area contributed by atoms with Gasteiger partial charge in [-0.3, -0.25) is 14.5 Å². The highest BCUT2D eigenvalue weighted by Crippen LogP contribution is 2.12. The second-order valence-electron chi connectivity index (χ2n) is 4.98. The highest BCUT2D eigenvalue weighted by Gasteiger charge is 2.15. The van der Waals surface area contributed by atoms with Crippen molar-refractivity contribution in [3.63, 3.8) is 0 Å². The number of aliphatic carboxylic acids is 1. The average Bonchev–Trinajstić information content (AvgIpc) is 2.27. The molecule has 0 saturated heterocycles. The number of carbonyl (C=O) groups excluding carboxylic acids is 1. The van der Waals surface area contributed by atoms with Crippen molar-refractivity contribution in [1.82, 2.24) is 4.90 Å². The Kier molecular flexibility index (Phi) is 5.51. The zero-order chi connectivity index (χ0) is 14.4. The van der Waals surface area contributed by atoms with Crippen LogP contribution in [-0.2, 0) is 11.3 Å². The van der Waals surface area contributed by atoms with Crippen molar-refractivity contribution in [2.45, 2.75) is 20.4 Å². The van der Waals surface area contributed by atoms with Gasteiger partial charge in [-0.25, -0.2) is 0 Å². The topological polar surface area (TPSA) is 83.6 Å². The third-order valence-electron chi connectivity index (χ3n) is 2.66. The molecule has 0 aliphatic heterocycles. The number of hydrogen-bond acceptors (Lipinski definition) is 3. The number of hydrogen-bond donors (Lipinski definition) is 2. The summed E-state index contributed by atoms with van der Waals surface area (Å²) in [7, 11) is 0. The molecule has 0 atom stereocenters. The Morgan fingerprint density at radius 1 is 1.32 bits per heavy atom. The van der Waals surface area contributed by atoms with E-state index in [1.165, 1.54) is 0 Å². The van der Waals surface area contributed by atoms with Crippen LogP contribution in [0.4, 0.5) is 0 Å². The number of nitrogens with two attached hydrogens (primary N) is 1. The third-order valence-corrected chi connectivity index (χ3v) is 2.66. The molecule has 104 valence electrons. The predicted molar refractivity (Wildman–Crippen MR) is 72.7 cm³/mol. The quantitative estimate of drug-likeness (QED) is 0.778. The van der Waals surface area contributed by atoms with Crippen molar-refractivity contribution in [2.75, 3.05) is 13.1 Å². The van der Waals surface area contributed by atoms with E-state index in [9.17, 15) is 9.59 Å². The molecular formula is C14H20N2O3. The van der Waals surface area contributed by atoms with Crippen LogP contribution in [0.2, 0.25) is 0 Å². The number of nitrogens with zero attached hydrogens (tertiary/aromatic N) is 1. The molecule has 5 nitrogen and oxygen atoms in total. The minimum Gasteiger partial charge on any atom is -0.480 e. The SMILES string of the molecule is CC(C)CN(CC(=O)O)Cc1ccccc1C(N)=O. The lowest BCUT2D eigenvalue weighted by Gasteiger charge is -2.23. The van der Waals surface area contributed by atoms with Crippen LogP contribution in [0.5, 0.6) is 0 Å². The van der Waals surface area contributed by atoms with E-state index in [1.807, 2.05) is 19.9 Å². The number of benzene rings is 1. The van der Waals surface area contributed by atoms with Crippen LogP contribution in [0.15, 0.2) is 24.3 Å². The van der Waals surface area contributed by atoms with E-state index in [4.69, 9.17) is 10.8 Å². The molecule has 3 N–H and O–H groups in total. The highest BCUT2D eigenvalue weighted by molar-refractivity contribution is 5.94. The second-order valence-corrected chi connectivity index (χ2v) is 4.98. The number of primary amides is 1. The van der Waals surface area contributed by atoms with Gasteiger partial charge in [-0.1, -0.05) is 32.0 Å². The van der Waals surface area contributed by atoms with Crippen molar-refractivity contribution < 1.29 is 14.7 Å². The van der Waals surface area contributed by atoms with Crippen molar-refractivity contribution >= 4 is 11.9 Å². The van der Waals surface area contributed by atoms with Crippen LogP contribution in [-0.4, -0.2) is 35.0 Å². The van der Waals surface area contributed by atoms with Crippen LogP contribution in [0, 0.1) is 5.92 Å². The van der Waals surface area contributed by atoms with Crippen LogP contribution in [0.3, 0.4) is 0 Å². The molecule has 19 heavy (non-hydrogen) atoms. The molecule has 0 aliphatic rings. The fourth-order valence-electron chi connectivity index (χ4n) is 2.03. The van der Waals surface area contributed by atoms with E-state index in [-0.39, 0.29) is 6.54 Å². The molecule has 1 rings (SSSR count). The highest BCUT2D eigenvalue weighted by atomic mass is 16.4. The molecule has 0 heterocycles. The van der Waals surface area contributed by atoms with Crippen molar-refractivity contribution in [3.05, 3.63) is 35.4 Å². The van der Waals surface area contributed by atoms with Crippen molar-refractivity contribution in [2.24, 2.45) is 11.7 Å². The van der Waals surface area contributed by atoms with E-state index in [0.29, 0.717) is 24.6 Å². The summed E-state index contributed by atoms with van der Waals surface area (Å²) in [6.07, 6.45) is 0. The zero-order valence-electron chi connectivity index (χ0n) is 11.3. The van der Waals surface area contributed by atoms with E-state index in [2.05, 4.69) is 0 Å². The summed E-state index contributed by atoms with van der Waals surface area (Å²) in [5.41, 5.74) is 6.53. The number of carboxylic acid groups (broad SMARTS) is 1. The lowest BCUT2D eigenvalue weighted by atomic mass is 10.1. The molecule has 0 bridgehead atoms. The summed E-state index contributed by atoms with van der Waals surface area (Å²) in [6, 6.07) is 7.02. The van der Waals surface area contributed by atoms with E-state index < -0.39 is 11.9 Å². The van der Waals surface area contributed by atoms with Crippen molar-refractivity contribution in [1.29, 1.82) is 0 Å². The zero-order valence-corrected chi connectivity index (χ0v) is 11.3. The maximum absolute atomic E-state index is 11.3. The summed E-state index contributed by atoms with van der Waals surface area (Å²) >= 11 is 0. The van der Waals surface area contributed by atoms with Gasteiger partial charge in [0.25, 0.3) is 0 Å². The molecular weight excluding hydrogens is 244 g/mol. The van der Waals surface area contributed by atoms with Gasteiger partial charge >= 0.3 is 5.97 Å². The Morgan fingerprint density at radius 2 is 1.95 bits per heavy atom. The molecule has 0 unspecified atom stereocenters. The Balaban J connectivity index is 2.89. The van der Waals surface area contributed by atoms with E-state index >= 15 is 0 Å². The molecule has 0 aliphatic carbocycles. The standard InChI is InChI=1S/C14H20N2O3/c1-10(2)7-16(9-13(17)18)8-11-5-3-4-6-12(11)14(15)19/h3-6,10H,7-9H2,1-2H3,(H2,15,19)(H,17,18). The normalized spacial score (nSPS) is 10.9. The molecule has 0 saturated carbocycles. The fraction of sp³-hybridized carbons (Fsp3) is 0.429. The second kappa shape index (κ2) is 6.89. The van der Waals surface area contributed by atoms with Gasteiger partial charge in [0.1, 0.15) is 0 Å². The van der Waals surface area contributed by atoms with Crippen LogP contribution < -0.4 is 5.73 Å². The molecule has 0 spiro atoms. The number of carbonyl (C=O) groups is 2. The van der Waals surface area contributed by atoms with Gasteiger partial charge in [0, 0.05) is 18.7 Å². The van der Waals surface area contributed by atoms with Crippen molar-refractivity contribution in [3.8, 4) is 0 Å². The van der Waals surface area contributed by atoms with Crippen LogP contribution in [0.25, 0.3) is 0 Å². The van der Waals surface area contributed by atoms with Crippen LogP contribution >= 0.6 is 0 Å². The van der Waals surface area contributed by atoms with Gasteiger partial charge in [0.15, 0.2) is 0 Å². The van der Waals surface area contributed by atoms with E-state index in [0.717, 1.165) is 5.56 Å². The van der Waals surface area contributed by atoms with E-state index in [1.54, 1.807) is 23.1 Å². The van der Waals surface area contributed by atoms with Gasteiger partial charge in [-0.2, -0.15) is 0 Å². The number of carboxylic acids is 1. The summed E-state index contributed by atoms with van der Waals surface area (Å²) < 4.78 is 0. The smallest absolute Gasteiger partial charge is 0.317 e. The molecule has 0 fully saturated rings. The van der Waals surface area contributed by atoms with Gasteiger partial charge in [-0.05, 0) is 17.5 Å². The molecule has 1 aromatic rings. The Labute approximate surface area is 113 Å². The van der Waals surface area contributed by atoms with Gasteiger partial charge < -0.3 is 10.8 Å². The maximum Gasteiger partial charge on any atom is 0.317 e. The minimum atomic E-state index is -0.878. The number of rotatable bonds is 7. The number of amides is 1. The van der Waals surface area contributed by atoms with Gasteiger partial charge in [0.2, 0.25) is 5.91 Å². The van der Waals surface area contributed by atoms with Gasteiger partial charge in [-0.15, -0.1) is 0 Å². The maximum atomic E-state index is 11.3. The summed E-state index contributed by atoms with van der Waals surface area (Å²) in [5, 5.41) is 8.92. The largest absolute Gasteiger partial charge is 0.480 e.